The Labute approximate surface area is 143 Å². The third-order valence-electron chi connectivity index (χ3n) is 2.99. The summed E-state index contributed by atoms with van der Waals surface area (Å²) in [5, 5.41) is 4.08. The number of aromatic nitrogens is 2. The highest BCUT2D eigenvalue weighted by molar-refractivity contribution is 6.35. The Bertz CT molecular complexity index is 828. The minimum Gasteiger partial charge on any atom is -0.437 e. The fraction of sp³-hybridized carbons (Fsp3) is 0. The van der Waals surface area contributed by atoms with E-state index in [2.05, 4.69) is 15.3 Å². The molecule has 2 aromatic carbocycles. The molecule has 5 nitrogen and oxygen atoms in total. The Hall–Kier alpha value is -2.50. The lowest BCUT2D eigenvalue weighted by molar-refractivity contribution is 0.464. The highest BCUT2D eigenvalue weighted by Gasteiger charge is 2.12. The predicted octanol–water partition coefficient (Wildman–Crippen LogP) is 4.90. The van der Waals surface area contributed by atoms with E-state index in [1.807, 2.05) is 30.3 Å². The number of hydrogen-bond acceptors (Lipinski definition) is 5. The summed E-state index contributed by atoms with van der Waals surface area (Å²) < 4.78 is 5.67. The Kier molecular flexibility index (Phi) is 4.50. The second kappa shape index (κ2) is 6.73. The number of halogens is 2. The van der Waals surface area contributed by atoms with Crippen LogP contribution in [0.1, 0.15) is 0 Å². The Morgan fingerprint density at radius 2 is 1.78 bits per heavy atom. The van der Waals surface area contributed by atoms with Crippen molar-refractivity contribution in [1.29, 1.82) is 0 Å². The molecule has 0 aliphatic rings. The summed E-state index contributed by atoms with van der Waals surface area (Å²) in [6, 6.07) is 14.3. The maximum absolute atomic E-state index is 6.13. The zero-order valence-electron chi connectivity index (χ0n) is 11.8. The standard InChI is InChI=1S/C16H12Cl2N4O/c17-10-6-7-12(18)13(8-10)22-15-14(19)16(21-9-20-15)23-11-4-2-1-3-5-11/h1-9H,19H2,(H,20,21,22). The summed E-state index contributed by atoms with van der Waals surface area (Å²) >= 11 is 12.1. The molecule has 0 amide bonds. The first-order valence-electron chi connectivity index (χ1n) is 6.69. The molecule has 0 saturated carbocycles. The fourth-order valence-corrected chi connectivity index (χ4v) is 2.22. The van der Waals surface area contributed by atoms with Crippen molar-refractivity contribution in [2.75, 3.05) is 11.1 Å². The van der Waals surface area contributed by atoms with E-state index in [-0.39, 0.29) is 11.6 Å². The van der Waals surface area contributed by atoms with Gasteiger partial charge in [0.25, 0.3) is 0 Å². The first-order chi connectivity index (χ1) is 11.1. The zero-order chi connectivity index (χ0) is 16.2. The number of benzene rings is 2. The van der Waals surface area contributed by atoms with Crippen molar-refractivity contribution in [3.05, 3.63) is 64.9 Å². The predicted molar refractivity (Wildman–Crippen MR) is 92.7 cm³/mol. The van der Waals surface area contributed by atoms with Gasteiger partial charge in [0.15, 0.2) is 5.82 Å². The largest absolute Gasteiger partial charge is 0.437 e. The topological polar surface area (TPSA) is 73.1 Å². The molecule has 0 aliphatic carbocycles. The number of nitrogens with one attached hydrogen (secondary N) is 1. The molecule has 3 aromatic rings. The number of ether oxygens (including phenoxy) is 1. The molecule has 1 aromatic heterocycles. The second-order valence-electron chi connectivity index (χ2n) is 4.61. The van der Waals surface area contributed by atoms with Gasteiger partial charge in [0.05, 0.1) is 10.7 Å². The van der Waals surface area contributed by atoms with Gasteiger partial charge in [-0.2, -0.15) is 4.98 Å². The van der Waals surface area contributed by atoms with Crippen molar-refractivity contribution in [3.63, 3.8) is 0 Å². The number of nitrogens with two attached hydrogens (primary N) is 1. The van der Waals surface area contributed by atoms with E-state index in [0.29, 0.717) is 27.3 Å². The second-order valence-corrected chi connectivity index (χ2v) is 5.45. The zero-order valence-corrected chi connectivity index (χ0v) is 13.3. The Morgan fingerprint density at radius 3 is 2.57 bits per heavy atom. The SMILES string of the molecule is Nc1c(Nc2cc(Cl)ccc2Cl)ncnc1Oc1ccccc1. The quantitative estimate of drug-likeness (QED) is 0.702. The molecule has 0 spiro atoms. The van der Waals surface area contributed by atoms with Gasteiger partial charge in [-0.1, -0.05) is 41.4 Å². The smallest absolute Gasteiger partial charge is 0.248 e. The molecule has 3 N–H and O–H groups in total. The number of anilines is 3. The molecule has 0 saturated heterocycles. The van der Waals surface area contributed by atoms with Crippen LogP contribution in [0, 0.1) is 0 Å². The fourth-order valence-electron chi connectivity index (χ4n) is 1.88. The van der Waals surface area contributed by atoms with Crippen LogP contribution in [0.4, 0.5) is 17.2 Å². The van der Waals surface area contributed by atoms with Gasteiger partial charge in [0.1, 0.15) is 17.8 Å². The van der Waals surface area contributed by atoms with Crippen LogP contribution in [-0.4, -0.2) is 9.97 Å². The van der Waals surface area contributed by atoms with Crippen LogP contribution >= 0.6 is 23.2 Å². The molecule has 0 radical (unpaired) electrons. The highest BCUT2D eigenvalue weighted by atomic mass is 35.5. The number of para-hydroxylation sites is 1. The van der Waals surface area contributed by atoms with Crippen LogP contribution in [-0.2, 0) is 0 Å². The minimum atomic E-state index is 0.256. The summed E-state index contributed by atoms with van der Waals surface area (Å²) in [7, 11) is 0. The molecule has 23 heavy (non-hydrogen) atoms. The van der Waals surface area contributed by atoms with E-state index in [4.69, 9.17) is 33.7 Å². The van der Waals surface area contributed by atoms with Gasteiger partial charge in [0, 0.05) is 5.02 Å². The van der Waals surface area contributed by atoms with E-state index in [9.17, 15) is 0 Å². The van der Waals surface area contributed by atoms with E-state index in [0.717, 1.165) is 0 Å². The average molecular weight is 347 g/mol. The summed E-state index contributed by atoms with van der Waals surface area (Å²) in [5.41, 5.74) is 6.94. The normalized spacial score (nSPS) is 10.3. The van der Waals surface area contributed by atoms with Gasteiger partial charge in [-0.05, 0) is 30.3 Å². The highest BCUT2D eigenvalue weighted by Crippen LogP contribution is 2.33. The molecular weight excluding hydrogens is 335 g/mol. The van der Waals surface area contributed by atoms with Crippen LogP contribution in [0.2, 0.25) is 10.0 Å². The number of nitrogens with zero attached hydrogens (tertiary/aromatic N) is 2. The van der Waals surface area contributed by atoms with Gasteiger partial charge >= 0.3 is 0 Å². The Morgan fingerprint density at radius 1 is 1.00 bits per heavy atom. The summed E-state index contributed by atoms with van der Waals surface area (Å²) in [6.45, 7) is 0. The molecule has 3 rings (SSSR count). The van der Waals surface area contributed by atoms with Gasteiger partial charge in [0.2, 0.25) is 5.88 Å². The van der Waals surface area contributed by atoms with Gasteiger partial charge in [-0.25, -0.2) is 4.98 Å². The Balaban J connectivity index is 1.89. The van der Waals surface area contributed by atoms with E-state index < -0.39 is 0 Å². The van der Waals surface area contributed by atoms with Crippen LogP contribution in [0.25, 0.3) is 0 Å². The average Bonchev–Trinajstić information content (AvgIpc) is 2.55. The molecule has 0 bridgehead atoms. The van der Waals surface area contributed by atoms with Gasteiger partial charge in [-0.15, -0.1) is 0 Å². The van der Waals surface area contributed by atoms with Crippen LogP contribution in [0.3, 0.4) is 0 Å². The molecule has 0 unspecified atom stereocenters. The summed E-state index contributed by atoms with van der Waals surface area (Å²) in [6.07, 6.45) is 1.36. The number of rotatable bonds is 4. The van der Waals surface area contributed by atoms with Crippen molar-refractivity contribution in [2.24, 2.45) is 0 Å². The van der Waals surface area contributed by atoms with E-state index >= 15 is 0 Å². The van der Waals surface area contributed by atoms with Crippen molar-refractivity contribution < 1.29 is 4.74 Å². The van der Waals surface area contributed by atoms with Gasteiger partial charge in [-0.3, -0.25) is 0 Å². The molecule has 0 atom stereocenters. The molecule has 1 heterocycles. The molecule has 7 heteroatoms. The molecule has 0 aliphatic heterocycles. The summed E-state index contributed by atoms with van der Waals surface area (Å²) in [5.74, 6) is 1.27. The minimum absolute atomic E-state index is 0.256. The third-order valence-corrected chi connectivity index (χ3v) is 3.55. The van der Waals surface area contributed by atoms with Crippen molar-refractivity contribution >= 4 is 40.4 Å². The van der Waals surface area contributed by atoms with Crippen LogP contribution in [0.15, 0.2) is 54.9 Å². The molecule has 0 fully saturated rings. The van der Waals surface area contributed by atoms with Crippen LogP contribution in [0.5, 0.6) is 11.6 Å². The van der Waals surface area contributed by atoms with Crippen molar-refractivity contribution in [2.45, 2.75) is 0 Å². The molecule has 116 valence electrons. The lowest BCUT2D eigenvalue weighted by Crippen LogP contribution is -2.03. The number of nitrogen functional groups attached to an aromatic ring is 1. The lowest BCUT2D eigenvalue weighted by atomic mass is 10.3. The third kappa shape index (κ3) is 3.64. The first kappa shape index (κ1) is 15.4. The van der Waals surface area contributed by atoms with Crippen molar-refractivity contribution in [3.8, 4) is 11.6 Å². The van der Waals surface area contributed by atoms with E-state index in [1.54, 1.807) is 18.2 Å². The molecular formula is C16H12Cl2N4O. The summed E-state index contributed by atoms with van der Waals surface area (Å²) in [4.78, 5) is 8.18. The maximum atomic E-state index is 6.13. The van der Waals surface area contributed by atoms with E-state index in [1.165, 1.54) is 6.33 Å². The lowest BCUT2D eigenvalue weighted by Gasteiger charge is -2.12. The monoisotopic (exact) mass is 346 g/mol. The van der Waals surface area contributed by atoms with Crippen molar-refractivity contribution in [1.82, 2.24) is 9.97 Å². The van der Waals surface area contributed by atoms with Gasteiger partial charge < -0.3 is 15.8 Å². The maximum Gasteiger partial charge on any atom is 0.248 e. The van der Waals surface area contributed by atoms with Crippen LogP contribution < -0.4 is 15.8 Å². The number of hydrogen-bond donors (Lipinski definition) is 2. The first-order valence-corrected chi connectivity index (χ1v) is 7.44.